The standard InChI is InChI=1S/C16H12Cl2FNO/c17-14-7-3-12(9-15(14)18)10-20-16(21)8-4-11-1-5-13(19)6-2-11/h1-9H,10H2,(H,20,21). The van der Waals surface area contributed by atoms with Gasteiger partial charge in [-0.05, 0) is 41.5 Å². The van der Waals surface area contributed by atoms with Crippen LogP contribution in [0.4, 0.5) is 4.39 Å². The van der Waals surface area contributed by atoms with E-state index in [0.717, 1.165) is 11.1 Å². The zero-order valence-electron chi connectivity index (χ0n) is 10.9. The normalized spacial score (nSPS) is 10.8. The fraction of sp³-hybridized carbons (Fsp3) is 0.0625. The average molecular weight is 324 g/mol. The second-order valence-corrected chi connectivity index (χ2v) is 5.17. The molecule has 2 nitrogen and oxygen atoms in total. The van der Waals surface area contributed by atoms with Crippen molar-refractivity contribution in [2.75, 3.05) is 0 Å². The van der Waals surface area contributed by atoms with E-state index in [1.807, 2.05) is 0 Å². The summed E-state index contributed by atoms with van der Waals surface area (Å²) in [6.07, 6.45) is 3.01. The second-order valence-electron chi connectivity index (χ2n) is 4.35. The summed E-state index contributed by atoms with van der Waals surface area (Å²) in [6.45, 7) is 0.351. The molecule has 0 radical (unpaired) electrons. The predicted molar refractivity (Wildman–Crippen MR) is 83.7 cm³/mol. The lowest BCUT2D eigenvalue weighted by Crippen LogP contribution is -2.20. The van der Waals surface area contributed by atoms with Crippen molar-refractivity contribution in [3.05, 3.63) is 75.5 Å². The fourth-order valence-electron chi connectivity index (χ4n) is 1.64. The summed E-state index contributed by atoms with van der Waals surface area (Å²) in [5.41, 5.74) is 1.61. The number of carbonyl (C=O) groups is 1. The molecule has 1 N–H and O–H groups in total. The molecule has 2 aromatic rings. The number of rotatable bonds is 4. The van der Waals surface area contributed by atoms with Crippen LogP contribution in [0.15, 0.2) is 48.5 Å². The molecule has 2 rings (SSSR count). The Morgan fingerprint density at radius 2 is 1.81 bits per heavy atom. The summed E-state index contributed by atoms with van der Waals surface area (Å²) in [7, 11) is 0. The Bertz CT molecular complexity index is 668. The maximum atomic E-state index is 12.7. The van der Waals surface area contributed by atoms with Crippen LogP contribution in [0.25, 0.3) is 6.08 Å². The first-order valence-corrected chi connectivity index (χ1v) is 6.95. The van der Waals surface area contributed by atoms with E-state index in [-0.39, 0.29) is 11.7 Å². The summed E-state index contributed by atoms with van der Waals surface area (Å²) in [6, 6.07) is 11.0. The number of hydrogen-bond acceptors (Lipinski definition) is 1. The van der Waals surface area contributed by atoms with Crippen LogP contribution in [0, 0.1) is 5.82 Å². The van der Waals surface area contributed by atoms with E-state index in [9.17, 15) is 9.18 Å². The van der Waals surface area contributed by atoms with Crippen LogP contribution in [0.1, 0.15) is 11.1 Å². The zero-order valence-corrected chi connectivity index (χ0v) is 12.5. The van der Waals surface area contributed by atoms with Gasteiger partial charge in [-0.15, -0.1) is 0 Å². The van der Waals surface area contributed by atoms with Gasteiger partial charge in [-0.3, -0.25) is 4.79 Å². The number of amides is 1. The second kappa shape index (κ2) is 7.25. The SMILES string of the molecule is O=C(C=Cc1ccc(F)cc1)NCc1ccc(Cl)c(Cl)c1. The molecule has 2 aromatic carbocycles. The minimum absolute atomic E-state index is 0.245. The summed E-state index contributed by atoms with van der Waals surface area (Å²) >= 11 is 11.7. The van der Waals surface area contributed by atoms with Crippen molar-refractivity contribution in [3.63, 3.8) is 0 Å². The monoisotopic (exact) mass is 323 g/mol. The van der Waals surface area contributed by atoms with Crippen LogP contribution in [-0.4, -0.2) is 5.91 Å². The maximum Gasteiger partial charge on any atom is 0.244 e. The minimum atomic E-state index is -0.309. The molecule has 0 unspecified atom stereocenters. The molecule has 0 spiro atoms. The van der Waals surface area contributed by atoms with Gasteiger partial charge < -0.3 is 5.32 Å². The Balaban J connectivity index is 1.89. The van der Waals surface area contributed by atoms with E-state index in [1.165, 1.54) is 18.2 Å². The lowest BCUT2D eigenvalue weighted by molar-refractivity contribution is -0.116. The molecule has 0 aromatic heterocycles. The van der Waals surface area contributed by atoms with Gasteiger partial charge in [0.25, 0.3) is 0 Å². The van der Waals surface area contributed by atoms with Gasteiger partial charge in [0, 0.05) is 12.6 Å². The molecule has 0 heterocycles. The quantitative estimate of drug-likeness (QED) is 0.827. The minimum Gasteiger partial charge on any atom is -0.348 e. The molecule has 0 aliphatic carbocycles. The molecule has 5 heteroatoms. The van der Waals surface area contributed by atoms with Crippen molar-refractivity contribution in [1.29, 1.82) is 0 Å². The van der Waals surface area contributed by atoms with E-state index < -0.39 is 0 Å². The molecule has 1 amide bonds. The smallest absolute Gasteiger partial charge is 0.244 e. The third kappa shape index (κ3) is 4.88. The fourth-order valence-corrected chi connectivity index (χ4v) is 1.96. The van der Waals surface area contributed by atoms with E-state index in [2.05, 4.69) is 5.32 Å². The first-order chi connectivity index (χ1) is 10.0. The Hall–Kier alpha value is -1.84. The molecular weight excluding hydrogens is 312 g/mol. The van der Waals surface area contributed by atoms with Crippen LogP contribution in [0.3, 0.4) is 0 Å². The molecule has 21 heavy (non-hydrogen) atoms. The summed E-state index contributed by atoms with van der Waals surface area (Å²) in [5.74, 6) is -0.554. The molecule has 0 fully saturated rings. The highest BCUT2D eigenvalue weighted by atomic mass is 35.5. The van der Waals surface area contributed by atoms with Crippen molar-refractivity contribution in [2.45, 2.75) is 6.54 Å². The molecule has 0 saturated carbocycles. The molecular formula is C16H12Cl2FNO. The van der Waals surface area contributed by atoms with Gasteiger partial charge in [0.1, 0.15) is 5.82 Å². The molecule has 0 saturated heterocycles. The van der Waals surface area contributed by atoms with E-state index in [0.29, 0.717) is 16.6 Å². The molecule has 0 aliphatic heterocycles. The number of nitrogens with one attached hydrogen (secondary N) is 1. The van der Waals surface area contributed by atoms with E-state index >= 15 is 0 Å². The van der Waals surface area contributed by atoms with Gasteiger partial charge in [-0.25, -0.2) is 4.39 Å². The van der Waals surface area contributed by atoms with Gasteiger partial charge in [-0.2, -0.15) is 0 Å². The first-order valence-electron chi connectivity index (χ1n) is 6.20. The third-order valence-corrected chi connectivity index (χ3v) is 3.49. The molecule has 108 valence electrons. The summed E-state index contributed by atoms with van der Waals surface area (Å²) < 4.78 is 12.7. The van der Waals surface area contributed by atoms with Gasteiger partial charge in [-0.1, -0.05) is 41.4 Å². The number of hydrogen-bond donors (Lipinski definition) is 1. The lowest BCUT2D eigenvalue weighted by atomic mass is 10.2. The van der Waals surface area contributed by atoms with Crippen LogP contribution in [-0.2, 0) is 11.3 Å². The topological polar surface area (TPSA) is 29.1 Å². The number of halogens is 3. The van der Waals surface area contributed by atoms with Gasteiger partial charge in [0.15, 0.2) is 0 Å². The molecule has 0 atom stereocenters. The van der Waals surface area contributed by atoms with Crippen LogP contribution < -0.4 is 5.32 Å². The van der Waals surface area contributed by atoms with Crippen molar-refractivity contribution in [1.82, 2.24) is 5.32 Å². The van der Waals surface area contributed by atoms with Crippen LogP contribution >= 0.6 is 23.2 Å². The maximum absolute atomic E-state index is 12.7. The first kappa shape index (κ1) is 15.5. The van der Waals surface area contributed by atoms with Crippen molar-refractivity contribution < 1.29 is 9.18 Å². The molecule has 0 bridgehead atoms. The lowest BCUT2D eigenvalue weighted by Gasteiger charge is -2.04. The third-order valence-electron chi connectivity index (χ3n) is 2.75. The largest absolute Gasteiger partial charge is 0.348 e. The highest BCUT2D eigenvalue weighted by Gasteiger charge is 2.01. The number of carbonyl (C=O) groups excluding carboxylic acids is 1. The predicted octanol–water partition coefficient (Wildman–Crippen LogP) is 4.46. The molecule has 0 aliphatic rings. The average Bonchev–Trinajstić information content (AvgIpc) is 2.48. The highest BCUT2D eigenvalue weighted by Crippen LogP contribution is 2.22. The van der Waals surface area contributed by atoms with Crippen molar-refractivity contribution in [2.24, 2.45) is 0 Å². The van der Waals surface area contributed by atoms with Gasteiger partial charge >= 0.3 is 0 Å². The zero-order chi connectivity index (χ0) is 15.2. The van der Waals surface area contributed by atoms with Crippen LogP contribution in [0.5, 0.6) is 0 Å². The van der Waals surface area contributed by atoms with Gasteiger partial charge in [0.05, 0.1) is 10.0 Å². The van der Waals surface area contributed by atoms with Crippen LogP contribution in [0.2, 0.25) is 10.0 Å². The van der Waals surface area contributed by atoms with E-state index in [1.54, 1.807) is 36.4 Å². The Labute approximate surface area is 132 Å². The number of benzene rings is 2. The highest BCUT2D eigenvalue weighted by molar-refractivity contribution is 6.42. The van der Waals surface area contributed by atoms with Crippen molar-refractivity contribution >= 4 is 35.2 Å². The van der Waals surface area contributed by atoms with Crippen molar-refractivity contribution in [3.8, 4) is 0 Å². The summed E-state index contributed by atoms with van der Waals surface area (Å²) in [4.78, 5) is 11.7. The summed E-state index contributed by atoms with van der Waals surface area (Å²) in [5, 5.41) is 3.65. The Morgan fingerprint density at radius 3 is 2.48 bits per heavy atom. The Kier molecular flexibility index (Phi) is 5.37. The Morgan fingerprint density at radius 1 is 1.10 bits per heavy atom. The van der Waals surface area contributed by atoms with Gasteiger partial charge in [0.2, 0.25) is 5.91 Å². The van der Waals surface area contributed by atoms with E-state index in [4.69, 9.17) is 23.2 Å².